The summed E-state index contributed by atoms with van der Waals surface area (Å²) in [6.07, 6.45) is 2.68. The molecule has 2 heterocycles. The van der Waals surface area contributed by atoms with Crippen LogP contribution in [0, 0.1) is 0 Å². The van der Waals surface area contributed by atoms with Crippen molar-refractivity contribution >= 4 is 27.3 Å². The first-order chi connectivity index (χ1) is 8.16. The molecule has 17 heavy (non-hydrogen) atoms. The lowest BCUT2D eigenvalue weighted by Crippen LogP contribution is -2.39. The van der Waals surface area contributed by atoms with Gasteiger partial charge in [-0.3, -0.25) is 4.90 Å². The van der Waals surface area contributed by atoms with E-state index in [1.54, 1.807) is 0 Å². The molecule has 1 unspecified atom stereocenters. The molecule has 96 valence electrons. The van der Waals surface area contributed by atoms with Gasteiger partial charge in [0.25, 0.3) is 0 Å². The van der Waals surface area contributed by atoms with Gasteiger partial charge in [0, 0.05) is 34.5 Å². The molecule has 1 aliphatic heterocycles. The molecule has 0 amide bonds. The van der Waals surface area contributed by atoms with E-state index in [0.717, 1.165) is 13.1 Å². The molecule has 2 rings (SSSR count). The Hall–Kier alpha value is 0.100. The molecule has 4 heteroatoms. The molecular formula is C13H21BrN2S. The summed E-state index contributed by atoms with van der Waals surface area (Å²) in [4.78, 5) is 4.08. The van der Waals surface area contributed by atoms with Gasteiger partial charge >= 0.3 is 0 Å². The van der Waals surface area contributed by atoms with Crippen LogP contribution in [0.4, 0.5) is 0 Å². The number of thiophene rings is 1. The van der Waals surface area contributed by atoms with Crippen molar-refractivity contribution in [2.24, 2.45) is 0 Å². The number of halogens is 1. The molecule has 0 bridgehead atoms. The average Bonchev–Trinajstić information content (AvgIpc) is 2.87. The molecule has 1 saturated heterocycles. The molecule has 1 aromatic rings. The quantitative estimate of drug-likeness (QED) is 0.894. The van der Waals surface area contributed by atoms with Crippen molar-refractivity contribution in [2.45, 2.75) is 45.3 Å². The Bertz CT molecular complexity index is 351. The number of hydrogen-bond acceptors (Lipinski definition) is 3. The predicted molar refractivity (Wildman–Crippen MR) is 78.6 cm³/mol. The molecule has 0 saturated carbocycles. The van der Waals surface area contributed by atoms with Gasteiger partial charge in [-0.2, -0.15) is 0 Å². The molecule has 1 aliphatic rings. The number of hydrogen-bond donors (Lipinski definition) is 1. The second kappa shape index (κ2) is 6.32. The number of likely N-dealkylation sites (tertiary alicyclic amines) is 1. The van der Waals surface area contributed by atoms with Crippen LogP contribution in [0.1, 0.15) is 31.6 Å². The smallest absolute Gasteiger partial charge is 0.0342 e. The van der Waals surface area contributed by atoms with Crippen LogP contribution in [-0.2, 0) is 6.54 Å². The van der Waals surface area contributed by atoms with Crippen LogP contribution in [0.3, 0.4) is 0 Å². The van der Waals surface area contributed by atoms with Crippen LogP contribution in [0.15, 0.2) is 15.9 Å². The minimum absolute atomic E-state index is 0.589. The van der Waals surface area contributed by atoms with E-state index >= 15 is 0 Å². The number of nitrogens with zero attached hydrogens (tertiary/aromatic N) is 1. The number of nitrogens with one attached hydrogen (secondary N) is 1. The Balaban J connectivity index is 1.89. The third kappa shape index (κ3) is 3.78. The first-order valence-electron chi connectivity index (χ1n) is 6.36. The number of rotatable bonds is 5. The summed E-state index contributed by atoms with van der Waals surface area (Å²) in [5.41, 5.74) is 0. The minimum atomic E-state index is 0.589. The minimum Gasteiger partial charge on any atom is -0.313 e. The molecule has 2 nitrogen and oxygen atoms in total. The first-order valence-corrected chi connectivity index (χ1v) is 8.03. The zero-order valence-electron chi connectivity index (χ0n) is 10.6. The van der Waals surface area contributed by atoms with Gasteiger partial charge < -0.3 is 5.32 Å². The normalized spacial score (nSPS) is 21.5. The van der Waals surface area contributed by atoms with Gasteiger partial charge in [0.2, 0.25) is 0 Å². The van der Waals surface area contributed by atoms with Gasteiger partial charge in [-0.05, 0) is 46.8 Å². The van der Waals surface area contributed by atoms with Crippen LogP contribution < -0.4 is 5.32 Å². The molecule has 0 spiro atoms. The lowest BCUT2D eigenvalue weighted by atomic mass is 10.2. The van der Waals surface area contributed by atoms with Crippen molar-refractivity contribution in [1.29, 1.82) is 0 Å². The van der Waals surface area contributed by atoms with Crippen molar-refractivity contribution in [1.82, 2.24) is 10.2 Å². The van der Waals surface area contributed by atoms with Gasteiger partial charge in [-0.1, -0.05) is 13.8 Å². The van der Waals surface area contributed by atoms with E-state index in [9.17, 15) is 0 Å². The van der Waals surface area contributed by atoms with Gasteiger partial charge in [0.15, 0.2) is 0 Å². The van der Waals surface area contributed by atoms with E-state index in [4.69, 9.17) is 0 Å². The van der Waals surface area contributed by atoms with E-state index in [0.29, 0.717) is 12.1 Å². The van der Waals surface area contributed by atoms with E-state index in [1.165, 1.54) is 28.7 Å². The van der Waals surface area contributed by atoms with Gasteiger partial charge in [0.05, 0.1) is 0 Å². The zero-order chi connectivity index (χ0) is 12.3. The maximum atomic E-state index is 3.62. The lowest BCUT2D eigenvalue weighted by molar-refractivity contribution is 0.237. The van der Waals surface area contributed by atoms with Gasteiger partial charge in [-0.15, -0.1) is 11.3 Å². The molecule has 0 radical (unpaired) electrons. The van der Waals surface area contributed by atoms with Gasteiger partial charge in [0.1, 0.15) is 0 Å². The highest BCUT2D eigenvalue weighted by atomic mass is 79.9. The highest BCUT2D eigenvalue weighted by molar-refractivity contribution is 9.10. The van der Waals surface area contributed by atoms with E-state index in [2.05, 4.69) is 51.4 Å². The second-order valence-electron chi connectivity index (χ2n) is 5.02. The molecule has 1 aromatic heterocycles. The summed E-state index contributed by atoms with van der Waals surface area (Å²) in [5.74, 6) is 0. The Labute approximate surface area is 117 Å². The van der Waals surface area contributed by atoms with E-state index in [-0.39, 0.29) is 0 Å². The van der Waals surface area contributed by atoms with Crippen molar-refractivity contribution in [3.8, 4) is 0 Å². The van der Waals surface area contributed by atoms with Crippen LogP contribution in [0.25, 0.3) is 0 Å². The van der Waals surface area contributed by atoms with Gasteiger partial charge in [-0.25, -0.2) is 0 Å². The Kier molecular flexibility index (Phi) is 5.03. The molecular weight excluding hydrogens is 296 g/mol. The summed E-state index contributed by atoms with van der Waals surface area (Å²) in [6.45, 7) is 7.91. The van der Waals surface area contributed by atoms with Crippen molar-refractivity contribution in [3.63, 3.8) is 0 Å². The van der Waals surface area contributed by atoms with Crippen molar-refractivity contribution in [3.05, 3.63) is 20.8 Å². The Morgan fingerprint density at radius 3 is 3.06 bits per heavy atom. The lowest BCUT2D eigenvalue weighted by Gasteiger charge is -2.25. The van der Waals surface area contributed by atoms with Crippen molar-refractivity contribution < 1.29 is 0 Å². The third-order valence-corrected chi connectivity index (χ3v) is 5.21. The highest BCUT2D eigenvalue weighted by Gasteiger charge is 2.25. The fourth-order valence-corrected chi connectivity index (χ4v) is 3.83. The highest BCUT2D eigenvalue weighted by Crippen LogP contribution is 2.27. The molecule has 0 aromatic carbocycles. The molecule has 1 atom stereocenters. The SMILES string of the molecule is CC(C)NCC1CCCN1Cc1sccc1Br. The summed E-state index contributed by atoms with van der Waals surface area (Å²) < 4.78 is 1.27. The largest absolute Gasteiger partial charge is 0.313 e. The Morgan fingerprint density at radius 2 is 2.41 bits per heavy atom. The summed E-state index contributed by atoms with van der Waals surface area (Å²) >= 11 is 5.48. The standard InChI is InChI=1S/C13H21BrN2S/c1-10(2)15-8-11-4-3-6-16(11)9-13-12(14)5-7-17-13/h5,7,10-11,15H,3-4,6,8-9H2,1-2H3. The van der Waals surface area contributed by atoms with E-state index in [1.807, 2.05) is 11.3 Å². The molecule has 1 N–H and O–H groups in total. The first kappa shape index (κ1) is 13.5. The molecule has 1 fully saturated rings. The maximum Gasteiger partial charge on any atom is 0.0342 e. The van der Waals surface area contributed by atoms with Crippen LogP contribution in [0.5, 0.6) is 0 Å². The summed E-state index contributed by atoms with van der Waals surface area (Å²) in [7, 11) is 0. The Morgan fingerprint density at radius 1 is 1.59 bits per heavy atom. The fraction of sp³-hybridized carbons (Fsp3) is 0.692. The fourth-order valence-electron chi connectivity index (χ4n) is 2.33. The third-order valence-electron chi connectivity index (χ3n) is 3.30. The van der Waals surface area contributed by atoms with Crippen LogP contribution >= 0.6 is 27.3 Å². The monoisotopic (exact) mass is 316 g/mol. The van der Waals surface area contributed by atoms with Crippen LogP contribution in [-0.4, -0.2) is 30.1 Å². The topological polar surface area (TPSA) is 15.3 Å². The predicted octanol–water partition coefficient (Wildman–Crippen LogP) is 3.47. The zero-order valence-corrected chi connectivity index (χ0v) is 13.0. The molecule has 0 aliphatic carbocycles. The summed E-state index contributed by atoms with van der Waals surface area (Å²) in [6, 6.07) is 3.45. The summed E-state index contributed by atoms with van der Waals surface area (Å²) in [5, 5.41) is 5.73. The van der Waals surface area contributed by atoms with E-state index < -0.39 is 0 Å². The second-order valence-corrected chi connectivity index (χ2v) is 6.88. The average molecular weight is 317 g/mol. The van der Waals surface area contributed by atoms with Crippen LogP contribution in [0.2, 0.25) is 0 Å². The van der Waals surface area contributed by atoms with Crippen molar-refractivity contribution in [2.75, 3.05) is 13.1 Å². The maximum absolute atomic E-state index is 3.62.